The number of nitro groups is 2. The standard InChI is InChI=1S/C19H18F3N3O6.C11H10BrF3N2O4.C8H9NO2.CH4.V/c1-11(26)23-12-3-6-14(7-4-12)31-10-18(2,28)17(27)24-13-5-8-16(25(29)30)15(9-13)19(20,21)22;1-10(19,5-12)9(18)16-6-2-3-8(17(20)21)7(4-6)11(13,14)15;1-6(10)9-7-2-4-8(11)5-3-7;;/h3-9,28H,10H2,1-2H3,(H,23,26)(H,24,27);2-4,19H,5H2,1H3,(H,16,18);2-5,11H,1H3,(H,9,10);1H4;/t18-;10-;;;/m00.../s1. The number of rotatable bonds is 12. The van der Waals surface area contributed by atoms with Gasteiger partial charge in [-0.15, -0.1) is 0 Å². The molecule has 4 rings (SSSR count). The number of phenolic OH excluding ortho intramolecular Hbond substituents is 1. The third-order valence-electron chi connectivity index (χ3n) is 7.63. The number of aliphatic hydroxyl groups is 2. The summed E-state index contributed by atoms with van der Waals surface area (Å²) in [6.07, 6.45) is -9.96. The monoisotopic (exact) mass is 1030 g/mol. The van der Waals surface area contributed by atoms with Crippen LogP contribution in [0.25, 0.3) is 0 Å². The van der Waals surface area contributed by atoms with Gasteiger partial charge in [-0.25, -0.2) is 0 Å². The van der Waals surface area contributed by atoms with Crippen LogP contribution in [0.2, 0.25) is 0 Å². The number of phenols is 1. The van der Waals surface area contributed by atoms with Crippen molar-refractivity contribution in [2.75, 3.05) is 33.2 Å². The Bertz CT molecular complexity index is 2300. The van der Waals surface area contributed by atoms with E-state index in [1.165, 1.54) is 50.2 Å². The van der Waals surface area contributed by atoms with Crippen molar-refractivity contribution in [3.63, 3.8) is 0 Å². The fourth-order valence-corrected chi connectivity index (χ4v) is 4.72. The second kappa shape index (κ2) is 24.7. The summed E-state index contributed by atoms with van der Waals surface area (Å²) in [6, 6.07) is 16.3. The van der Waals surface area contributed by atoms with Gasteiger partial charge in [-0.1, -0.05) is 23.4 Å². The Morgan fingerprint density at radius 3 is 1.29 bits per heavy atom. The summed E-state index contributed by atoms with van der Waals surface area (Å²) in [7, 11) is 0. The minimum absolute atomic E-state index is 0. The summed E-state index contributed by atoms with van der Waals surface area (Å²) in [5.74, 6) is -1.95. The van der Waals surface area contributed by atoms with Crippen LogP contribution in [0.4, 0.5) is 60.5 Å². The van der Waals surface area contributed by atoms with Crippen LogP contribution in [0.3, 0.4) is 0 Å². The Balaban J connectivity index is 0.00000104. The number of amides is 4. The maximum absolute atomic E-state index is 13.1. The van der Waals surface area contributed by atoms with Crippen molar-refractivity contribution in [3.8, 4) is 11.5 Å². The van der Waals surface area contributed by atoms with E-state index in [-0.39, 0.29) is 66.0 Å². The molecule has 0 unspecified atom stereocenters. The molecule has 0 saturated carbocycles. The number of nitrogens with zero attached hydrogens (tertiary/aromatic N) is 2. The maximum Gasteiger partial charge on any atom is 0.423 e. The molecule has 4 aromatic carbocycles. The molecule has 0 fully saturated rings. The molecule has 0 heterocycles. The van der Waals surface area contributed by atoms with Crippen LogP contribution in [-0.4, -0.2) is 71.9 Å². The van der Waals surface area contributed by atoms with Crippen LogP contribution in [0.5, 0.6) is 11.5 Å². The van der Waals surface area contributed by atoms with Crippen molar-refractivity contribution < 1.29 is 94.0 Å². The van der Waals surface area contributed by atoms with Gasteiger partial charge in [0.25, 0.3) is 23.2 Å². The van der Waals surface area contributed by atoms with Crippen molar-refractivity contribution in [1.82, 2.24) is 0 Å². The van der Waals surface area contributed by atoms with Crippen LogP contribution < -0.4 is 26.0 Å². The summed E-state index contributed by atoms with van der Waals surface area (Å²) in [4.78, 5) is 64.5. The quantitative estimate of drug-likeness (QED) is 0.0234. The van der Waals surface area contributed by atoms with Gasteiger partial charge in [0.1, 0.15) is 34.8 Å². The van der Waals surface area contributed by atoms with Gasteiger partial charge in [-0.2, -0.15) is 26.3 Å². The SMILES string of the molecule is C.CC(=O)Nc1ccc(O)cc1.CC(=O)Nc1ccc(OC[C@](C)(O)C(=O)Nc2ccc([N+](=O)[O-])c(C(F)(F)F)c2)cc1.C[C@](O)(CBr)C(=O)Nc1ccc([N+](=O)[O-])c(C(F)(F)F)c1.[V]. The molecule has 65 heavy (non-hydrogen) atoms. The minimum atomic E-state index is -5.02. The number of carbonyl (C=O) groups excluding carboxylic acids is 4. The molecule has 1 radical (unpaired) electrons. The number of ether oxygens (including phenoxy) is 1. The van der Waals surface area contributed by atoms with E-state index in [0.29, 0.717) is 35.6 Å². The Hall–Kier alpha value is -6.28. The smallest absolute Gasteiger partial charge is 0.423 e. The summed E-state index contributed by atoms with van der Waals surface area (Å²) in [6.45, 7) is 4.48. The Labute approximate surface area is 386 Å². The van der Waals surface area contributed by atoms with Crippen molar-refractivity contribution in [3.05, 3.63) is 116 Å². The molecule has 0 aromatic heterocycles. The van der Waals surface area contributed by atoms with E-state index in [2.05, 4.69) is 37.2 Å². The molecule has 26 heteroatoms. The summed E-state index contributed by atoms with van der Waals surface area (Å²) >= 11 is 2.88. The number of anilines is 4. The van der Waals surface area contributed by atoms with Crippen LogP contribution in [0, 0.1) is 20.2 Å². The van der Waals surface area contributed by atoms with Gasteiger partial charge in [-0.3, -0.25) is 39.4 Å². The van der Waals surface area contributed by atoms with Gasteiger partial charge < -0.3 is 41.3 Å². The zero-order chi connectivity index (χ0) is 48.1. The normalized spacial score (nSPS) is 12.4. The van der Waals surface area contributed by atoms with Gasteiger partial charge in [0, 0.05) is 72.6 Å². The number of nitro benzene ring substituents is 2. The predicted molar refractivity (Wildman–Crippen MR) is 224 cm³/mol. The Kier molecular flexibility index (Phi) is 22.3. The van der Waals surface area contributed by atoms with Crippen molar-refractivity contribution in [1.29, 1.82) is 0 Å². The van der Waals surface area contributed by atoms with E-state index in [0.717, 1.165) is 26.0 Å². The first-order valence-corrected chi connectivity index (χ1v) is 18.5. The molecule has 0 aliphatic rings. The number of hydrogen-bond acceptors (Lipinski definition) is 12. The molecule has 4 aromatic rings. The molecule has 4 amide bonds. The third kappa shape index (κ3) is 19.2. The number of aromatic hydroxyl groups is 1. The first kappa shape index (κ1) is 58.7. The van der Waals surface area contributed by atoms with Gasteiger partial charge in [0.05, 0.1) is 9.85 Å². The number of carbonyl (C=O) groups is 4. The van der Waals surface area contributed by atoms with Gasteiger partial charge in [-0.05, 0) is 86.6 Å². The molecule has 0 saturated heterocycles. The molecule has 0 aliphatic heterocycles. The van der Waals surface area contributed by atoms with E-state index in [9.17, 15) is 76.0 Å². The van der Waals surface area contributed by atoms with Crippen molar-refractivity contribution in [2.45, 2.75) is 58.7 Å². The van der Waals surface area contributed by atoms with Crippen LogP contribution >= 0.6 is 15.9 Å². The van der Waals surface area contributed by atoms with Crippen LogP contribution in [0.15, 0.2) is 84.9 Å². The largest absolute Gasteiger partial charge is 0.508 e. The Morgan fingerprint density at radius 2 is 0.969 bits per heavy atom. The molecular weight excluding hydrogens is 989 g/mol. The molecule has 2 atom stereocenters. The molecule has 0 aliphatic carbocycles. The summed E-state index contributed by atoms with van der Waals surface area (Å²) < 4.78 is 82.8. The molecule has 0 bridgehead atoms. The van der Waals surface area contributed by atoms with Gasteiger partial charge >= 0.3 is 12.4 Å². The zero-order valence-electron chi connectivity index (χ0n) is 33.5. The van der Waals surface area contributed by atoms with E-state index >= 15 is 0 Å². The molecule has 353 valence electrons. The number of halogens is 7. The topological polar surface area (TPSA) is 273 Å². The number of nitrogens with one attached hydrogen (secondary N) is 4. The van der Waals surface area contributed by atoms with Crippen molar-refractivity contribution in [2.24, 2.45) is 0 Å². The van der Waals surface area contributed by atoms with E-state index in [4.69, 9.17) is 9.84 Å². The Morgan fingerprint density at radius 1 is 0.631 bits per heavy atom. The second-order valence-corrected chi connectivity index (χ2v) is 13.8. The van der Waals surface area contributed by atoms with Crippen molar-refractivity contribution >= 4 is 73.7 Å². The third-order valence-corrected chi connectivity index (χ3v) is 8.73. The first-order valence-electron chi connectivity index (χ1n) is 17.4. The molecular formula is C39H41BrF6N6O12V. The first-order chi connectivity index (χ1) is 29.0. The predicted octanol–water partition coefficient (Wildman–Crippen LogP) is 8.02. The fraction of sp³-hybridized carbons (Fsp3) is 0.282. The molecule has 7 N–H and O–H groups in total. The van der Waals surface area contributed by atoms with Crippen LogP contribution in [0.1, 0.15) is 46.2 Å². The van der Waals surface area contributed by atoms with Gasteiger partial charge in [0.15, 0.2) is 5.60 Å². The average molecular weight is 1030 g/mol. The van der Waals surface area contributed by atoms with E-state index in [1.54, 1.807) is 12.1 Å². The summed E-state index contributed by atoms with van der Waals surface area (Å²) in [5.41, 5.74) is -8.78. The zero-order valence-corrected chi connectivity index (χ0v) is 36.5. The number of alkyl halides is 7. The fourth-order valence-electron chi connectivity index (χ4n) is 4.47. The average Bonchev–Trinajstić information content (AvgIpc) is 3.17. The number of benzene rings is 4. The second-order valence-electron chi connectivity index (χ2n) is 13.3. The molecule has 18 nitrogen and oxygen atoms in total. The molecule has 0 spiro atoms. The van der Waals surface area contributed by atoms with E-state index in [1.807, 2.05) is 0 Å². The summed E-state index contributed by atoms with van der Waals surface area (Å²) in [5, 5.41) is 59.4. The maximum atomic E-state index is 13.1. The van der Waals surface area contributed by atoms with Crippen LogP contribution in [-0.2, 0) is 50.1 Å². The van der Waals surface area contributed by atoms with E-state index < -0.39 is 74.3 Å². The van der Waals surface area contributed by atoms with Gasteiger partial charge in [0.2, 0.25) is 11.8 Å². The number of hydrogen-bond donors (Lipinski definition) is 7. The minimum Gasteiger partial charge on any atom is -0.508 e.